The van der Waals surface area contributed by atoms with E-state index < -0.39 is 0 Å². The molecule has 0 aromatic rings. The van der Waals surface area contributed by atoms with Gasteiger partial charge in [-0.3, -0.25) is 9.59 Å². The summed E-state index contributed by atoms with van der Waals surface area (Å²) in [7, 11) is 0. The van der Waals surface area contributed by atoms with Gasteiger partial charge in [-0.25, -0.2) is 0 Å². The van der Waals surface area contributed by atoms with Gasteiger partial charge in [0.15, 0.2) is 0 Å². The van der Waals surface area contributed by atoms with E-state index in [9.17, 15) is 9.59 Å². The van der Waals surface area contributed by atoms with Crippen molar-refractivity contribution in [3.63, 3.8) is 0 Å². The number of fused-ring (bicyclic) bond motifs is 2. The number of hydrogen-bond acceptors (Lipinski definition) is 2. The number of Topliss-reactive ketones (excluding diaryl/α,β-unsaturated/α-hetero) is 2. The number of carbonyl (C=O) groups is 2. The maximum atomic E-state index is 10.8. The minimum absolute atomic E-state index is 0.127. The molecule has 2 bridgehead atoms. The second kappa shape index (κ2) is 2.99. The average molecular weight is 152 g/mol. The van der Waals surface area contributed by atoms with Gasteiger partial charge in [-0.05, 0) is 6.42 Å². The lowest BCUT2D eigenvalue weighted by molar-refractivity contribution is -0.129. The molecule has 0 amide bonds. The molecule has 0 saturated heterocycles. The number of carbonyl (C=O) groups excluding carboxylic acids is 2. The van der Waals surface area contributed by atoms with Crippen molar-refractivity contribution in [2.75, 3.05) is 0 Å². The zero-order valence-electron chi connectivity index (χ0n) is 6.51. The Bertz CT molecular complexity index is 176. The van der Waals surface area contributed by atoms with Gasteiger partial charge in [0.05, 0.1) is 0 Å². The summed E-state index contributed by atoms with van der Waals surface area (Å²) in [6.07, 6.45) is 1.95. The molecule has 60 valence electrons. The summed E-state index contributed by atoms with van der Waals surface area (Å²) in [4.78, 5) is 21.7. The predicted octanol–water partition coefficient (Wildman–Crippen LogP) is 1.36. The molecule has 2 aliphatic rings. The molecule has 0 aliphatic heterocycles. The van der Waals surface area contributed by atoms with Crippen molar-refractivity contribution < 1.29 is 9.59 Å². The van der Waals surface area contributed by atoms with Crippen molar-refractivity contribution in [1.82, 2.24) is 0 Å². The standard InChI is InChI=1S/C7H8O2.C2H4/c8-6-2-4-1-5(6)3-7(4)9;1-2/h4-5H,1-3H2;1-2H2. The van der Waals surface area contributed by atoms with E-state index in [2.05, 4.69) is 13.2 Å². The molecular weight excluding hydrogens is 140 g/mol. The van der Waals surface area contributed by atoms with Gasteiger partial charge in [-0.15, -0.1) is 13.2 Å². The van der Waals surface area contributed by atoms with Crippen molar-refractivity contribution in [1.29, 1.82) is 0 Å². The third-order valence-electron chi connectivity index (χ3n) is 2.37. The molecule has 2 rings (SSSR count). The normalized spacial score (nSPS) is 33.5. The van der Waals surface area contributed by atoms with Gasteiger partial charge in [-0.2, -0.15) is 0 Å². The molecule has 0 spiro atoms. The molecule has 0 aromatic heterocycles. The molecule has 2 nitrogen and oxygen atoms in total. The Hall–Kier alpha value is -0.920. The molecule has 2 fully saturated rings. The van der Waals surface area contributed by atoms with Crippen LogP contribution in [0.25, 0.3) is 0 Å². The summed E-state index contributed by atoms with van der Waals surface area (Å²) < 4.78 is 0. The van der Waals surface area contributed by atoms with Crippen LogP contribution in [0.3, 0.4) is 0 Å². The zero-order chi connectivity index (χ0) is 8.43. The molecule has 0 aromatic carbocycles. The first kappa shape index (κ1) is 8.18. The summed E-state index contributed by atoms with van der Waals surface area (Å²) >= 11 is 0. The lowest BCUT2D eigenvalue weighted by Crippen LogP contribution is -2.16. The summed E-state index contributed by atoms with van der Waals surface area (Å²) in [5, 5.41) is 0. The Kier molecular flexibility index (Phi) is 2.22. The third kappa shape index (κ3) is 1.25. The average Bonchev–Trinajstić information content (AvgIpc) is 2.51. The highest BCUT2D eigenvalue weighted by Crippen LogP contribution is 2.39. The molecule has 2 saturated carbocycles. The fourth-order valence-electron chi connectivity index (χ4n) is 1.82. The van der Waals surface area contributed by atoms with Gasteiger partial charge in [0.1, 0.15) is 11.6 Å². The van der Waals surface area contributed by atoms with Crippen LogP contribution in [-0.4, -0.2) is 11.6 Å². The van der Waals surface area contributed by atoms with Crippen molar-refractivity contribution in [3.8, 4) is 0 Å². The highest BCUT2D eigenvalue weighted by atomic mass is 16.1. The topological polar surface area (TPSA) is 34.1 Å². The Morgan fingerprint density at radius 1 is 1.00 bits per heavy atom. The Morgan fingerprint density at radius 3 is 1.55 bits per heavy atom. The maximum absolute atomic E-state index is 10.8. The van der Waals surface area contributed by atoms with Crippen molar-refractivity contribution in [2.45, 2.75) is 19.3 Å². The molecule has 11 heavy (non-hydrogen) atoms. The van der Waals surface area contributed by atoms with Crippen LogP contribution in [0.1, 0.15) is 19.3 Å². The van der Waals surface area contributed by atoms with Gasteiger partial charge in [-0.1, -0.05) is 0 Å². The molecule has 0 radical (unpaired) electrons. The summed E-state index contributed by atoms with van der Waals surface area (Å²) in [6.45, 7) is 6.00. The van der Waals surface area contributed by atoms with Crippen LogP contribution < -0.4 is 0 Å². The van der Waals surface area contributed by atoms with Crippen molar-refractivity contribution in [3.05, 3.63) is 13.2 Å². The van der Waals surface area contributed by atoms with E-state index in [0.717, 1.165) is 6.42 Å². The number of rotatable bonds is 0. The van der Waals surface area contributed by atoms with E-state index >= 15 is 0 Å². The van der Waals surface area contributed by atoms with Crippen LogP contribution in [0.15, 0.2) is 13.2 Å². The molecule has 2 unspecified atom stereocenters. The fourth-order valence-corrected chi connectivity index (χ4v) is 1.82. The van der Waals surface area contributed by atoms with E-state index in [-0.39, 0.29) is 11.8 Å². The molecule has 2 heteroatoms. The fraction of sp³-hybridized carbons (Fsp3) is 0.556. The quantitative estimate of drug-likeness (QED) is 0.491. The minimum Gasteiger partial charge on any atom is -0.299 e. The zero-order valence-corrected chi connectivity index (χ0v) is 6.51. The summed E-state index contributed by atoms with van der Waals surface area (Å²) in [5.74, 6) is 0.893. The largest absolute Gasteiger partial charge is 0.299 e. The Labute approximate surface area is 66.3 Å². The smallest absolute Gasteiger partial charge is 0.137 e. The van der Waals surface area contributed by atoms with Crippen LogP contribution in [0, 0.1) is 11.8 Å². The van der Waals surface area contributed by atoms with Crippen LogP contribution in [0.2, 0.25) is 0 Å². The van der Waals surface area contributed by atoms with E-state index in [4.69, 9.17) is 0 Å². The minimum atomic E-state index is 0.127. The van der Waals surface area contributed by atoms with Crippen LogP contribution in [0.4, 0.5) is 0 Å². The Balaban J connectivity index is 0.000000281. The van der Waals surface area contributed by atoms with Crippen LogP contribution in [0.5, 0.6) is 0 Å². The van der Waals surface area contributed by atoms with E-state index in [1.165, 1.54) is 0 Å². The second-order valence-corrected chi connectivity index (χ2v) is 2.97. The number of ketones is 2. The highest BCUT2D eigenvalue weighted by molar-refractivity contribution is 5.99. The summed E-state index contributed by atoms with van der Waals surface area (Å²) in [6, 6.07) is 0. The molecule has 0 heterocycles. The lowest BCUT2D eigenvalue weighted by Gasteiger charge is -2.04. The van der Waals surface area contributed by atoms with Gasteiger partial charge in [0.2, 0.25) is 0 Å². The molecular formula is C9H12O2. The first-order valence-corrected chi connectivity index (χ1v) is 3.83. The van der Waals surface area contributed by atoms with Gasteiger partial charge < -0.3 is 0 Å². The monoisotopic (exact) mass is 152 g/mol. The SMILES string of the molecule is C=C.O=C1CC2CC1CC2=O. The van der Waals surface area contributed by atoms with E-state index in [0.29, 0.717) is 24.4 Å². The lowest BCUT2D eigenvalue weighted by atomic mass is 9.98. The van der Waals surface area contributed by atoms with E-state index in [1.807, 2.05) is 0 Å². The Morgan fingerprint density at radius 2 is 1.36 bits per heavy atom. The second-order valence-electron chi connectivity index (χ2n) is 2.97. The van der Waals surface area contributed by atoms with E-state index in [1.54, 1.807) is 0 Å². The van der Waals surface area contributed by atoms with Crippen molar-refractivity contribution in [2.24, 2.45) is 11.8 Å². The van der Waals surface area contributed by atoms with Gasteiger partial charge >= 0.3 is 0 Å². The van der Waals surface area contributed by atoms with Gasteiger partial charge in [0.25, 0.3) is 0 Å². The number of hydrogen-bond donors (Lipinski definition) is 0. The highest BCUT2D eigenvalue weighted by Gasteiger charge is 2.43. The van der Waals surface area contributed by atoms with Gasteiger partial charge in [0, 0.05) is 24.7 Å². The van der Waals surface area contributed by atoms with Crippen LogP contribution in [-0.2, 0) is 9.59 Å². The summed E-state index contributed by atoms with van der Waals surface area (Å²) in [5.41, 5.74) is 0. The van der Waals surface area contributed by atoms with Crippen LogP contribution >= 0.6 is 0 Å². The van der Waals surface area contributed by atoms with Crippen molar-refractivity contribution >= 4 is 11.6 Å². The first-order valence-electron chi connectivity index (χ1n) is 3.83. The molecule has 2 aliphatic carbocycles. The first-order chi connectivity index (χ1) is 5.27. The predicted molar refractivity (Wildman–Crippen MR) is 42.1 cm³/mol. The maximum Gasteiger partial charge on any atom is 0.137 e. The molecule has 0 N–H and O–H groups in total. The molecule has 2 atom stereocenters. The third-order valence-corrected chi connectivity index (χ3v) is 2.37.